The van der Waals surface area contributed by atoms with Crippen LogP contribution < -0.4 is 22.7 Å². The standard InChI is InChI=1S/C19H26ClN7S.C5H10/c1-12(20)6-9-27(23)19(26-22)15-10-14(11-25-18(15)21)17-3-2-16(28-17)13-4-7-24-8-5-13;1-3-5-4-2/h2-3,6,10-11,13,24H,4-5,7-9,22-23H2,1H3,(H2,21,25);3,5H,4H2,1-2H3/b12-6+,26-19-;5-3-. The normalized spacial score (nSPS) is 15.4. The number of pyridine rings is 1. The second-order valence-electron chi connectivity index (χ2n) is 7.76. The van der Waals surface area contributed by atoms with Gasteiger partial charge in [-0.15, -0.1) is 11.3 Å². The number of nitrogen functional groups attached to an aromatic ring is 1. The summed E-state index contributed by atoms with van der Waals surface area (Å²) in [6, 6.07) is 6.29. The summed E-state index contributed by atoms with van der Waals surface area (Å²) in [5.41, 5.74) is 7.65. The molecule has 3 heterocycles. The van der Waals surface area contributed by atoms with Crippen LogP contribution in [0.25, 0.3) is 10.4 Å². The molecule has 9 heteroatoms. The van der Waals surface area contributed by atoms with Crippen molar-refractivity contribution in [1.29, 1.82) is 0 Å². The molecule has 0 saturated carbocycles. The number of rotatable bonds is 6. The van der Waals surface area contributed by atoms with Crippen LogP contribution in [0.3, 0.4) is 0 Å². The molecule has 2 aromatic heterocycles. The van der Waals surface area contributed by atoms with E-state index in [4.69, 9.17) is 29.0 Å². The molecule has 0 spiro atoms. The van der Waals surface area contributed by atoms with E-state index in [1.165, 1.54) is 22.7 Å². The number of allylic oxidation sites excluding steroid dienone is 3. The van der Waals surface area contributed by atoms with Crippen LogP contribution in [-0.2, 0) is 0 Å². The average molecular weight is 490 g/mol. The smallest absolute Gasteiger partial charge is 0.173 e. The van der Waals surface area contributed by atoms with Crippen molar-refractivity contribution in [1.82, 2.24) is 15.3 Å². The number of nitrogens with zero attached hydrogens (tertiary/aromatic N) is 3. The minimum absolute atomic E-state index is 0.324. The molecule has 1 fully saturated rings. The maximum Gasteiger partial charge on any atom is 0.173 e. The lowest BCUT2D eigenvalue weighted by Gasteiger charge is -2.21. The fourth-order valence-electron chi connectivity index (χ4n) is 3.47. The first kappa shape index (κ1) is 26.9. The largest absolute Gasteiger partial charge is 0.383 e. The predicted molar refractivity (Wildman–Crippen MR) is 143 cm³/mol. The van der Waals surface area contributed by atoms with Gasteiger partial charge in [0.05, 0.1) is 12.1 Å². The van der Waals surface area contributed by atoms with Gasteiger partial charge in [-0.3, -0.25) is 5.01 Å². The van der Waals surface area contributed by atoms with E-state index < -0.39 is 0 Å². The van der Waals surface area contributed by atoms with Crippen LogP contribution in [0.2, 0.25) is 0 Å². The Morgan fingerprint density at radius 1 is 1.36 bits per heavy atom. The Morgan fingerprint density at radius 2 is 2.09 bits per heavy atom. The minimum atomic E-state index is 0.324. The van der Waals surface area contributed by atoms with Gasteiger partial charge in [0.1, 0.15) is 5.82 Å². The van der Waals surface area contributed by atoms with Crippen LogP contribution in [-0.4, -0.2) is 35.5 Å². The van der Waals surface area contributed by atoms with Gasteiger partial charge in [-0.2, -0.15) is 5.10 Å². The Bertz CT molecular complexity index is 957. The Hall–Kier alpha value is -2.39. The van der Waals surface area contributed by atoms with Gasteiger partial charge in [0.2, 0.25) is 0 Å². The van der Waals surface area contributed by atoms with Crippen LogP contribution in [0.1, 0.15) is 56.4 Å². The molecular formula is C24H36ClN7S. The summed E-state index contributed by atoms with van der Waals surface area (Å²) < 4.78 is 0. The van der Waals surface area contributed by atoms with E-state index in [-0.39, 0.29) is 0 Å². The van der Waals surface area contributed by atoms with Gasteiger partial charge in [-0.05, 0) is 76.4 Å². The van der Waals surface area contributed by atoms with Crippen molar-refractivity contribution in [2.45, 2.75) is 46.0 Å². The molecule has 0 unspecified atom stereocenters. The van der Waals surface area contributed by atoms with E-state index in [0.29, 0.717) is 34.7 Å². The Balaban J connectivity index is 0.000000696. The minimum Gasteiger partial charge on any atom is -0.383 e. The van der Waals surface area contributed by atoms with Gasteiger partial charge in [-0.1, -0.05) is 30.7 Å². The number of hydrazine groups is 1. The molecule has 0 bridgehead atoms. The van der Waals surface area contributed by atoms with Crippen LogP contribution >= 0.6 is 22.9 Å². The van der Waals surface area contributed by atoms with E-state index in [0.717, 1.165) is 30.0 Å². The van der Waals surface area contributed by atoms with Crippen molar-refractivity contribution in [2.75, 3.05) is 25.4 Å². The van der Waals surface area contributed by atoms with Crippen molar-refractivity contribution in [3.8, 4) is 10.4 Å². The lowest BCUT2D eigenvalue weighted by molar-refractivity contribution is 0.465. The molecule has 0 radical (unpaired) electrons. The number of anilines is 1. The number of amidine groups is 1. The molecule has 0 aromatic carbocycles. The lowest BCUT2D eigenvalue weighted by Crippen LogP contribution is -2.39. The maximum atomic E-state index is 6.10. The lowest BCUT2D eigenvalue weighted by atomic mass is 9.97. The molecule has 33 heavy (non-hydrogen) atoms. The molecule has 7 nitrogen and oxygen atoms in total. The highest BCUT2D eigenvalue weighted by Crippen LogP contribution is 2.36. The predicted octanol–water partition coefficient (Wildman–Crippen LogP) is 4.77. The Kier molecular flexibility index (Phi) is 11.4. The summed E-state index contributed by atoms with van der Waals surface area (Å²) in [6.45, 7) is 8.44. The first-order valence-corrected chi connectivity index (χ1v) is 12.4. The highest BCUT2D eigenvalue weighted by Gasteiger charge is 2.19. The van der Waals surface area contributed by atoms with E-state index in [9.17, 15) is 0 Å². The molecule has 7 N–H and O–H groups in total. The number of nitrogens with one attached hydrogen (secondary N) is 1. The first-order valence-electron chi connectivity index (χ1n) is 11.2. The second kappa shape index (κ2) is 14.0. The summed E-state index contributed by atoms with van der Waals surface area (Å²) >= 11 is 7.68. The number of hydrogen-bond donors (Lipinski definition) is 4. The van der Waals surface area contributed by atoms with Crippen LogP contribution in [0, 0.1) is 0 Å². The summed E-state index contributed by atoms with van der Waals surface area (Å²) in [5.74, 6) is 13.0. The number of nitrogens with two attached hydrogens (primary N) is 3. The zero-order valence-corrected chi connectivity index (χ0v) is 21.3. The van der Waals surface area contributed by atoms with Crippen LogP contribution in [0.15, 0.2) is 52.8 Å². The van der Waals surface area contributed by atoms with Gasteiger partial charge in [0, 0.05) is 26.5 Å². The number of halogens is 1. The third kappa shape index (κ3) is 8.16. The molecule has 0 atom stereocenters. The van der Waals surface area contributed by atoms with E-state index in [1.54, 1.807) is 30.5 Å². The highest BCUT2D eigenvalue weighted by atomic mass is 35.5. The van der Waals surface area contributed by atoms with E-state index in [1.807, 2.05) is 13.0 Å². The fourth-order valence-corrected chi connectivity index (χ4v) is 4.69. The van der Waals surface area contributed by atoms with Crippen LogP contribution in [0.5, 0.6) is 0 Å². The number of thiophene rings is 1. The summed E-state index contributed by atoms with van der Waals surface area (Å²) in [4.78, 5) is 6.88. The average Bonchev–Trinajstić information content (AvgIpc) is 3.31. The molecular weight excluding hydrogens is 454 g/mol. The number of hydrazone groups is 1. The molecule has 1 aliphatic heterocycles. The van der Waals surface area contributed by atoms with E-state index in [2.05, 4.69) is 46.6 Å². The fraction of sp³-hybridized carbons (Fsp3) is 0.417. The molecule has 180 valence electrons. The highest BCUT2D eigenvalue weighted by molar-refractivity contribution is 7.15. The SMILES string of the molecule is C/C(Cl)=C\CN(N)/C(=N\N)c1cc(-c2ccc(C3CCNCC3)s2)cnc1N.C/C=C\CC. The molecule has 0 amide bonds. The zero-order chi connectivity index (χ0) is 24.2. The third-order valence-corrected chi connectivity index (χ3v) is 6.70. The third-order valence-electron chi connectivity index (χ3n) is 5.25. The Morgan fingerprint density at radius 3 is 2.67 bits per heavy atom. The van der Waals surface area contributed by atoms with Gasteiger partial charge in [0.25, 0.3) is 0 Å². The topological polar surface area (TPSA) is 119 Å². The summed E-state index contributed by atoms with van der Waals surface area (Å²) in [5, 5.41) is 9.28. The molecule has 0 aliphatic carbocycles. The quantitative estimate of drug-likeness (QED) is 0.152. The second-order valence-corrected chi connectivity index (χ2v) is 9.47. The van der Waals surface area contributed by atoms with Gasteiger partial charge in [0.15, 0.2) is 5.84 Å². The van der Waals surface area contributed by atoms with Crippen molar-refractivity contribution in [3.63, 3.8) is 0 Å². The number of piperidine rings is 1. The van der Waals surface area contributed by atoms with Gasteiger partial charge < -0.3 is 16.9 Å². The monoisotopic (exact) mass is 489 g/mol. The molecule has 1 aliphatic rings. The van der Waals surface area contributed by atoms with Gasteiger partial charge >= 0.3 is 0 Å². The molecule has 2 aromatic rings. The number of aromatic nitrogens is 1. The van der Waals surface area contributed by atoms with Crippen molar-refractivity contribution >= 4 is 34.6 Å². The zero-order valence-electron chi connectivity index (χ0n) is 19.7. The first-order chi connectivity index (χ1) is 15.9. The molecule has 1 saturated heterocycles. The van der Waals surface area contributed by atoms with Crippen molar-refractivity contribution in [2.24, 2.45) is 16.8 Å². The van der Waals surface area contributed by atoms with Crippen molar-refractivity contribution in [3.05, 3.63) is 58.1 Å². The van der Waals surface area contributed by atoms with E-state index >= 15 is 0 Å². The maximum absolute atomic E-state index is 6.10. The Labute approximate surface area is 206 Å². The van der Waals surface area contributed by atoms with Crippen LogP contribution in [0.4, 0.5) is 5.82 Å². The number of hydrogen-bond acceptors (Lipinski definition) is 7. The molecule has 3 rings (SSSR count). The van der Waals surface area contributed by atoms with Crippen molar-refractivity contribution < 1.29 is 0 Å². The summed E-state index contributed by atoms with van der Waals surface area (Å²) in [6.07, 6.45) is 11.2. The summed E-state index contributed by atoms with van der Waals surface area (Å²) in [7, 11) is 0. The van der Waals surface area contributed by atoms with Gasteiger partial charge in [-0.25, -0.2) is 10.8 Å².